The summed E-state index contributed by atoms with van der Waals surface area (Å²) in [5, 5.41) is 2.94. The first-order chi connectivity index (χ1) is 14.2. The number of para-hydroxylation sites is 1. The van der Waals surface area contributed by atoms with Crippen LogP contribution in [-0.2, 0) is 0 Å². The Hall–Kier alpha value is -3.34. The maximum Gasteiger partial charge on any atom is 0.257 e. The summed E-state index contributed by atoms with van der Waals surface area (Å²) in [6.45, 7) is 9.05. The maximum atomic E-state index is 12.6. The zero-order chi connectivity index (χ0) is 20.6. The second-order valence-corrected chi connectivity index (χ2v) is 6.66. The second kappa shape index (κ2) is 9.73. The third kappa shape index (κ3) is 4.93. The Morgan fingerprint density at radius 2 is 1.52 bits per heavy atom. The number of carbonyl (C=O) groups is 1. The molecule has 1 aromatic heterocycles. The lowest BCUT2D eigenvalue weighted by Crippen LogP contribution is -2.21. The molecule has 2 aromatic carbocycles. The highest BCUT2D eigenvalue weighted by Gasteiger charge is 2.11. The van der Waals surface area contributed by atoms with E-state index >= 15 is 0 Å². The molecule has 29 heavy (non-hydrogen) atoms. The van der Waals surface area contributed by atoms with Crippen LogP contribution in [0.2, 0.25) is 0 Å². The Morgan fingerprint density at radius 1 is 0.828 bits per heavy atom. The van der Waals surface area contributed by atoms with E-state index in [9.17, 15) is 4.79 Å². The van der Waals surface area contributed by atoms with E-state index in [1.807, 2.05) is 66.7 Å². The molecule has 3 rings (SSSR count). The number of pyridine rings is 1. The van der Waals surface area contributed by atoms with Gasteiger partial charge in [0, 0.05) is 42.9 Å². The van der Waals surface area contributed by atoms with Crippen LogP contribution in [0.1, 0.15) is 31.1 Å². The van der Waals surface area contributed by atoms with Gasteiger partial charge in [-0.3, -0.25) is 4.79 Å². The Morgan fingerprint density at radius 3 is 2.07 bits per heavy atom. The molecule has 0 aliphatic rings. The van der Waals surface area contributed by atoms with E-state index in [-0.39, 0.29) is 5.91 Å². The van der Waals surface area contributed by atoms with Gasteiger partial charge in [0.25, 0.3) is 5.91 Å². The van der Waals surface area contributed by atoms with Crippen LogP contribution in [0, 0.1) is 0 Å². The van der Waals surface area contributed by atoms with E-state index in [4.69, 9.17) is 0 Å². The number of nitrogens with one attached hydrogen (secondary N) is 1. The fourth-order valence-electron chi connectivity index (χ4n) is 3.31. The van der Waals surface area contributed by atoms with Crippen molar-refractivity contribution in [1.82, 2.24) is 4.98 Å². The molecule has 0 bridgehead atoms. The van der Waals surface area contributed by atoms with Crippen LogP contribution >= 0.6 is 0 Å². The van der Waals surface area contributed by atoms with Gasteiger partial charge in [-0.25, -0.2) is 4.98 Å². The first kappa shape index (κ1) is 20.4. The van der Waals surface area contributed by atoms with E-state index < -0.39 is 0 Å². The smallest absolute Gasteiger partial charge is 0.257 e. The molecule has 0 atom stereocenters. The molecule has 150 valence electrons. The Kier molecular flexibility index (Phi) is 6.85. The molecule has 1 N–H and O–H groups in total. The van der Waals surface area contributed by atoms with Gasteiger partial charge in [-0.15, -0.1) is 0 Å². The summed E-state index contributed by atoms with van der Waals surface area (Å²) in [5.74, 6) is 0.654. The normalized spacial score (nSPS) is 10.4. The van der Waals surface area contributed by atoms with Crippen LogP contribution in [-0.4, -0.2) is 30.5 Å². The molecule has 0 radical (unpaired) electrons. The molecule has 0 saturated heterocycles. The number of benzene rings is 2. The number of carbonyl (C=O) groups excluding carboxylic acids is 1. The Bertz CT molecular complexity index is 904. The SMILES string of the molecule is CCN(CC)c1ccc(NC(=O)c2ccc(N(CC)c3ccccc3)nc2)cc1. The van der Waals surface area contributed by atoms with Gasteiger partial charge in [0.05, 0.1) is 5.56 Å². The van der Waals surface area contributed by atoms with Gasteiger partial charge in [-0.1, -0.05) is 18.2 Å². The van der Waals surface area contributed by atoms with Crippen molar-refractivity contribution in [2.24, 2.45) is 0 Å². The number of nitrogens with zero attached hydrogens (tertiary/aromatic N) is 3. The van der Waals surface area contributed by atoms with E-state index in [0.29, 0.717) is 5.56 Å². The minimum Gasteiger partial charge on any atom is -0.372 e. The lowest BCUT2D eigenvalue weighted by Gasteiger charge is -2.22. The number of hydrogen-bond acceptors (Lipinski definition) is 4. The van der Waals surface area contributed by atoms with Crippen molar-refractivity contribution < 1.29 is 4.79 Å². The fourth-order valence-corrected chi connectivity index (χ4v) is 3.31. The Labute approximate surface area is 173 Å². The zero-order valence-electron chi connectivity index (χ0n) is 17.3. The van der Waals surface area contributed by atoms with Crippen LogP contribution in [0.15, 0.2) is 72.9 Å². The van der Waals surface area contributed by atoms with Crippen molar-refractivity contribution in [2.45, 2.75) is 20.8 Å². The average molecular weight is 389 g/mol. The largest absolute Gasteiger partial charge is 0.372 e. The fraction of sp³-hybridized carbons (Fsp3) is 0.250. The molecule has 0 aliphatic carbocycles. The lowest BCUT2D eigenvalue weighted by molar-refractivity contribution is 0.102. The van der Waals surface area contributed by atoms with E-state index in [1.165, 1.54) is 0 Å². The summed E-state index contributed by atoms with van der Waals surface area (Å²) in [7, 11) is 0. The molecule has 1 amide bonds. The van der Waals surface area contributed by atoms with Gasteiger partial charge in [-0.2, -0.15) is 0 Å². The predicted octanol–water partition coefficient (Wildman–Crippen LogP) is 5.34. The topological polar surface area (TPSA) is 48.5 Å². The molecule has 0 spiro atoms. The third-order valence-electron chi connectivity index (χ3n) is 4.92. The van der Waals surface area contributed by atoms with Gasteiger partial charge in [0.1, 0.15) is 5.82 Å². The lowest BCUT2D eigenvalue weighted by atomic mass is 10.2. The Balaban J connectivity index is 1.69. The highest BCUT2D eigenvalue weighted by Crippen LogP contribution is 2.23. The number of amides is 1. The summed E-state index contributed by atoms with van der Waals surface area (Å²) in [4.78, 5) is 21.5. The molecule has 0 aliphatic heterocycles. The summed E-state index contributed by atoms with van der Waals surface area (Å²) < 4.78 is 0. The number of anilines is 4. The van der Waals surface area contributed by atoms with Crippen LogP contribution in [0.5, 0.6) is 0 Å². The monoisotopic (exact) mass is 388 g/mol. The number of aromatic nitrogens is 1. The van der Waals surface area contributed by atoms with Crippen LogP contribution in [0.4, 0.5) is 22.9 Å². The summed E-state index contributed by atoms with van der Waals surface area (Å²) >= 11 is 0. The van der Waals surface area contributed by atoms with Crippen molar-refractivity contribution in [2.75, 3.05) is 34.8 Å². The van der Waals surface area contributed by atoms with E-state index in [0.717, 1.165) is 42.5 Å². The van der Waals surface area contributed by atoms with Crippen molar-refractivity contribution in [3.8, 4) is 0 Å². The maximum absolute atomic E-state index is 12.6. The van der Waals surface area contributed by atoms with Gasteiger partial charge in [-0.05, 0) is 69.3 Å². The second-order valence-electron chi connectivity index (χ2n) is 6.66. The van der Waals surface area contributed by atoms with E-state index in [1.54, 1.807) is 6.20 Å². The molecular weight excluding hydrogens is 360 g/mol. The van der Waals surface area contributed by atoms with Crippen molar-refractivity contribution in [3.05, 3.63) is 78.5 Å². The summed E-state index contributed by atoms with van der Waals surface area (Å²) in [6, 6.07) is 21.7. The first-order valence-electron chi connectivity index (χ1n) is 10.1. The number of rotatable bonds is 8. The van der Waals surface area contributed by atoms with Crippen molar-refractivity contribution >= 4 is 28.8 Å². The standard InChI is InChI=1S/C24H28N4O/c1-4-27(5-2)21-15-13-20(14-16-21)26-24(29)19-12-17-23(25-18-19)28(6-3)22-10-8-7-9-11-22/h7-18H,4-6H2,1-3H3,(H,26,29). The van der Waals surface area contributed by atoms with Gasteiger partial charge < -0.3 is 15.1 Å². The highest BCUT2D eigenvalue weighted by atomic mass is 16.1. The summed E-state index contributed by atoms with van der Waals surface area (Å²) in [6.07, 6.45) is 1.63. The number of hydrogen-bond donors (Lipinski definition) is 1. The van der Waals surface area contributed by atoms with Gasteiger partial charge in [0.2, 0.25) is 0 Å². The average Bonchev–Trinajstić information content (AvgIpc) is 2.77. The minimum atomic E-state index is -0.164. The van der Waals surface area contributed by atoms with E-state index in [2.05, 4.69) is 40.9 Å². The minimum absolute atomic E-state index is 0.164. The molecule has 3 aromatic rings. The molecule has 1 heterocycles. The first-order valence-corrected chi connectivity index (χ1v) is 10.1. The molecule has 5 nitrogen and oxygen atoms in total. The molecule has 0 saturated carbocycles. The highest BCUT2D eigenvalue weighted by molar-refractivity contribution is 6.04. The molecule has 5 heteroatoms. The molecule has 0 unspecified atom stereocenters. The molecule has 0 fully saturated rings. The predicted molar refractivity (Wildman–Crippen MR) is 121 cm³/mol. The van der Waals surface area contributed by atoms with Crippen LogP contribution in [0.25, 0.3) is 0 Å². The van der Waals surface area contributed by atoms with Crippen molar-refractivity contribution in [1.29, 1.82) is 0 Å². The zero-order valence-corrected chi connectivity index (χ0v) is 17.3. The van der Waals surface area contributed by atoms with Crippen LogP contribution in [0.3, 0.4) is 0 Å². The van der Waals surface area contributed by atoms with Gasteiger partial charge >= 0.3 is 0 Å². The summed E-state index contributed by atoms with van der Waals surface area (Å²) in [5.41, 5.74) is 3.53. The van der Waals surface area contributed by atoms with Crippen LogP contribution < -0.4 is 15.1 Å². The molecular formula is C24H28N4O. The quantitative estimate of drug-likeness (QED) is 0.566. The van der Waals surface area contributed by atoms with Gasteiger partial charge in [0.15, 0.2) is 0 Å². The third-order valence-corrected chi connectivity index (χ3v) is 4.92. The van der Waals surface area contributed by atoms with Crippen molar-refractivity contribution in [3.63, 3.8) is 0 Å².